The van der Waals surface area contributed by atoms with Crippen LogP contribution in [0.4, 0.5) is 0 Å². The second kappa shape index (κ2) is 7.68. The zero-order valence-corrected chi connectivity index (χ0v) is 13.6. The smallest absolute Gasteiger partial charge is 0.0628 e. The molecule has 3 nitrogen and oxygen atoms in total. The van der Waals surface area contributed by atoms with Gasteiger partial charge in [0.1, 0.15) is 0 Å². The molecule has 110 valence electrons. The Labute approximate surface area is 118 Å². The molecule has 19 heavy (non-hydrogen) atoms. The molecule has 1 aromatic rings. The third kappa shape index (κ3) is 4.98. The van der Waals surface area contributed by atoms with Gasteiger partial charge in [0.2, 0.25) is 0 Å². The molecule has 1 rings (SSSR count). The maximum Gasteiger partial charge on any atom is 0.0628 e. The molecule has 1 N–H and O–H groups in total. The van der Waals surface area contributed by atoms with Crippen molar-refractivity contribution in [2.24, 2.45) is 11.8 Å². The number of nitrogens with zero attached hydrogens (tertiary/aromatic N) is 2. The lowest BCUT2D eigenvalue weighted by molar-refractivity contribution is 0.471. The fourth-order valence-corrected chi connectivity index (χ4v) is 2.50. The Balaban J connectivity index is 2.64. The Kier molecular flexibility index (Phi) is 6.56. The molecule has 1 unspecified atom stereocenters. The fourth-order valence-electron chi connectivity index (χ4n) is 2.50. The molecule has 0 aromatic carbocycles. The summed E-state index contributed by atoms with van der Waals surface area (Å²) in [6.45, 7) is 16.6. The Hall–Kier alpha value is -0.830. The summed E-state index contributed by atoms with van der Waals surface area (Å²) in [6.07, 6.45) is 2.34. The summed E-state index contributed by atoms with van der Waals surface area (Å²) in [6, 6.07) is 0. The van der Waals surface area contributed by atoms with Gasteiger partial charge in [-0.15, -0.1) is 0 Å². The number of hydrogen-bond donors (Lipinski definition) is 1. The molecule has 0 saturated heterocycles. The molecule has 1 heterocycles. The normalized spacial score (nSPS) is 13.2. The number of aromatic nitrogens is 2. The van der Waals surface area contributed by atoms with Crippen molar-refractivity contribution in [3.8, 4) is 0 Å². The summed E-state index contributed by atoms with van der Waals surface area (Å²) in [7, 11) is 0. The highest BCUT2D eigenvalue weighted by Gasteiger charge is 2.14. The van der Waals surface area contributed by atoms with Gasteiger partial charge in [-0.3, -0.25) is 4.68 Å². The first-order chi connectivity index (χ1) is 8.95. The van der Waals surface area contributed by atoms with Gasteiger partial charge in [-0.05, 0) is 57.2 Å². The van der Waals surface area contributed by atoms with E-state index in [9.17, 15) is 0 Å². The average Bonchev–Trinajstić information content (AvgIpc) is 2.56. The SMILES string of the molecule is CCCNCC(C)Cc1c(C)nn(CC(C)C)c1C. The van der Waals surface area contributed by atoms with Crippen LogP contribution in [0.2, 0.25) is 0 Å². The number of nitrogens with one attached hydrogen (secondary N) is 1. The van der Waals surface area contributed by atoms with Crippen molar-refractivity contribution in [1.82, 2.24) is 15.1 Å². The average molecular weight is 265 g/mol. The van der Waals surface area contributed by atoms with E-state index in [0.717, 1.165) is 26.1 Å². The van der Waals surface area contributed by atoms with E-state index >= 15 is 0 Å². The van der Waals surface area contributed by atoms with Crippen molar-refractivity contribution < 1.29 is 0 Å². The van der Waals surface area contributed by atoms with Crippen LogP contribution in [0.15, 0.2) is 0 Å². The lowest BCUT2D eigenvalue weighted by atomic mass is 9.99. The summed E-state index contributed by atoms with van der Waals surface area (Å²) in [4.78, 5) is 0. The highest BCUT2D eigenvalue weighted by Crippen LogP contribution is 2.18. The lowest BCUT2D eigenvalue weighted by Crippen LogP contribution is -2.23. The summed E-state index contributed by atoms with van der Waals surface area (Å²) in [5.74, 6) is 1.31. The number of hydrogen-bond acceptors (Lipinski definition) is 2. The van der Waals surface area contributed by atoms with Gasteiger partial charge in [0, 0.05) is 12.2 Å². The van der Waals surface area contributed by atoms with E-state index in [1.165, 1.54) is 23.4 Å². The van der Waals surface area contributed by atoms with Gasteiger partial charge in [0.15, 0.2) is 0 Å². The van der Waals surface area contributed by atoms with Gasteiger partial charge in [0.25, 0.3) is 0 Å². The Bertz CT molecular complexity index is 380. The van der Waals surface area contributed by atoms with Gasteiger partial charge in [0.05, 0.1) is 5.69 Å². The fraction of sp³-hybridized carbons (Fsp3) is 0.812. The van der Waals surface area contributed by atoms with E-state index in [0.29, 0.717) is 11.8 Å². The van der Waals surface area contributed by atoms with Crippen LogP contribution in [0, 0.1) is 25.7 Å². The van der Waals surface area contributed by atoms with Gasteiger partial charge < -0.3 is 5.32 Å². The minimum absolute atomic E-state index is 0.648. The number of rotatable bonds is 8. The first-order valence-electron chi connectivity index (χ1n) is 7.69. The minimum atomic E-state index is 0.648. The van der Waals surface area contributed by atoms with Crippen LogP contribution in [0.1, 0.15) is 51.1 Å². The van der Waals surface area contributed by atoms with Crippen LogP contribution in [-0.2, 0) is 13.0 Å². The second-order valence-electron chi connectivity index (χ2n) is 6.24. The second-order valence-corrected chi connectivity index (χ2v) is 6.24. The molecule has 3 heteroatoms. The maximum atomic E-state index is 4.70. The third-order valence-corrected chi connectivity index (χ3v) is 3.54. The molecular weight excluding hydrogens is 234 g/mol. The van der Waals surface area contributed by atoms with E-state index in [4.69, 9.17) is 5.10 Å². The summed E-state index contributed by atoms with van der Waals surface area (Å²) in [5, 5.41) is 8.20. The van der Waals surface area contributed by atoms with Crippen LogP contribution < -0.4 is 5.32 Å². The van der Waals surface area contributed by atoms with Crippen LogP contribution >= 0.6 is 0 Å². The van der Waals surface area contributed by atoms with Crippen LogP contribution in [-0.4, -0.2) is 22.9 Å². The quantitative estimate of drug-likeness (QED) is 0.731. The molecule has 0 saturated carbocycles. The molecule has 0 amide bonds. The largest absolute Gasteiger partial charge is 0.316 e. The van der Waals surface area contributed by atoms with E-state index < -0.39 is 0 Å². The van der Waals surface area contributed by atoms with Crippen molar-refractivity contribution in [3.05, 3.63) is 17.0 Å². The highest BCUT2D eigenvalue weighted by molar-refractivity contribution is 5.25. The first kappa shape index (κ1) is 16.2. The molecule has 0 radical (unpaired) electrons. The Morgan fingerprint density at radius 1 is 1.21 bits per heavy atom. The van der Waals surface area contributed by atoms with Crippen molar-refractivity contribution >= 4 is 0 Å². The van der Waals surface area contributed by atoms with Gasteiger partial charge in [-0.25, -0.2) is 0 Å². The minimum Gasteiger partial charge on any atom is -0.316 e. The third-order valence-electron chi connectivity index (χ3n) is 3.54. The van der Waals surface area contributed by atoms with Gasteiger partial charge in [-0.1, -0.05) is 27.7 Å². The Morgan fingerprint density at radius 2 is 1.89 bits per heavy atom. The number of aryl methyl sites for hydroxylation is 1. The molecule has 0 aliphatic heterocycles. The molecule has 0 bridgehead atoms. The highest BCUT2D eigenvalue weighted by atomic mass is 15.3. The standard InChI is InChI=1S/C16H31N3/c1-7-8-17-10-13(4)9-16-14(5)18-19(15(16)6)11-12(2)3/h12-13,17H,7-11H2,1-6H3. The predicted molar refractivity (Wildman–Crippen MR) is 82.6 cm³/mol. The van der Waals surface area contributed by atoms with E-state index in [1.807, 2.05) is 0 Å². The zero-order valence-electron chi connectivity index (χ0n) is 13.6. The molecule has 0 spiro atoms. The molecule has 1 aromatic heterocycles. The lowest BCUT2D eigenvalue weighted by Gasteiger charge is -2.13. The summed E-state index contributed by atoms with van der Waals surface area (Å²) < 4.78 is 2.18. The molecular formula is C16H31N3. The van der Waals surface area contributed by atoms with E-state index in [-0.39, 0.29) is 0 Å². The zero-order chi connectivity index (χ0) is 14.4. The van der Waals surface area contributed by atoms with Crippen LogP contribution in [0.3, 0.4) is 0 Å². The van der Waals surface area contributed by atoms with Crippen molar-refractivity contribution in [1.29, 1.82) is 0 Å². The van der Waals surface area contributed by atoms with Crippen molar-refractivity contribution in [2.45, 2.75) is 60.9 Å². The monoisotopic (exact) mass is 265 g/mol. The molecule has 0 fully saturated rings. The van der Waals surface area contributed by atoms with Crippen molar-refractivity contribution in [2.75, 3.05) is 13.1 Å². The Morgan fingerprint density at radius 3 is 2.47 bits per heavy atom. The predicted octanol–water partition coefficient (Wildman–Crippen LogP) is 3.33. The molecule has 0 aliphatic carbocycles. The summed E-state index contributed by atoms with van der Waals surface area (Å²) >= 11 is 0. The molecule has 1 atom stereocenters. The van der Waals surface area contributed by atoms with Crippen LogP contribution in [0.5, 0.6) is 0 Å². The van der Waals surface area contributed by atoms with E-state index in [2.05, 4.69) is 51.5 Å². The first-order valence-corrected chi connectivity index (χ1v) is 7.69. The topological polar surface area (TPSA) is 29.9 Å². The molecule has 0 aliphatic rings. The maximum absolute atomic E-state index is 4.70. The van der Waals surface area contributed by atoms with Crippen molar-refractivity contribution in [3.63, 3.8) is 0 Å². The van der Waals surface area contributed by atoms with Crippen LogP contribution in [0.25, 0.3) is 0 Å². The summed E-state index contributed by atoms with van der Waals surface area (Å²) in [5.41, 5.74) is 4.01. The van der Waals surface area contributed by atoms with Gasteiger partial charge in [-0.2, -0.15) is 5.10 Å². The van der Waals surface area contributed by atoms with E-state index in [1.54, 1.807) is 0 Å². The van der Waals surface area contributed by atoms with Gasteiger partial charge >= 0.3 is 0 Å².